The minimum absolute atomic E-state index is 0.0110. The van der Waals surface area contributed by atoms with Gasteiger partial charge in [0.05, 0.1) is 6.04 Å². The molecular formula is C28H41N5O7. The van der Waals surface area contributed by atoms with E-state index in [0.717, 1.165) is 10.9 Å². The number of para-hydroxylation sites is 1. The van der Waals surface area contributed by atoms with Crippen molar-refractivity contribution in [3.8, 4) is 0 Å². The number of carbonyl (C=O) groups is 5. The summed E-state index contributed by atoms with van der Waals surface area (Å²) in [5.74, 6) is -5.02. The van der Waals surface area contributed by atoms with Gasteiger partial charge in [0, 0.05) is 29.9 Å². The number of rotatable bonds is 16. The predicted molar refractivity (Wildman–Crippen MR) is 149 cm³/mol. The van der Waals surface area contributed by atoms with Crippen LogP contribution in [0.4, 0.5) is 0 Å². The van der Waals surface area contributed by atoms with E-state index < -0.39 is 66.2 Å². The molecule has 0 spiro atoms. The van der Waals surface area contributed by atoms with E-state index in [1.165, 1.54) is 0 Å². The normalized spacial score (nSPS) is 15.7. The number of amides is 3. The highest BCUT2D eigenvalue weighted by atomic mass is 16.4. The summed E-state index contributed by atoms with van der Waals surface area (Å²) in [6, 6.07) is 2.83. The second kappa shape index (κ2) is 15.0. The van der Waals surface area contributed by atoms with Gasteiger partial charge in [0.1, 0.15) is 18.1 Å². The number of carbonyl (C=O) groups excluding carboxylic acids is 3. The number of benzene rings is 1. The van der Waals surface area contributed by atoms with Gasteiger partial charge in [0.15, 0.2) is 0 Å². The number of nitrogens with two attached hydrogens (primary N) is 1. The van der Waals surface area contributed by atoms with Crippen molar-refractivity contribution < 1.29 is 34.2 Å². The molecule has 1 heterocycles. The molecule has 0 bridgehead atoms. The third kappa shape index (κ3) is 8.80. The highest BCUT2D eigenvalue weighted by Gasteiger charge is 2.33. The first-order valence-corrected chi connectivity index (χ1v) is 13.6. The van der Waals surface area contributed by atoms with Gasteiger partial charge in [0.2, 0.25) is 17.7 Å². The average molecular weight is 560 g/mol. The van der Waals surface area contributed by atoms with Crippen LogP contribution >= 0.6 is 0 Å². The zero-order chi connectivity index (χ0) is 30.0. The van der Waals surface area contributed by atoms with E-state index in [2.05, 4.69) is 20.9 Å². The summed E-state index contributed by atoms with van der Waals surface area (Å²) in [5, 5.41) is 27.5. The molecule has 0 saturated heterocycles. The van der Waals surface area contributed by atoms with Crippen LogP contribution in [-0.2, 0) is 30.4 Å². The fourth-order valence-corrected chi connectivity index (χ4v) is 4.25. The maximum atomic E-state index is 13.3. The lowest BCUT2D eigenvalue weighted by molar-refractivity contribution is -0.142. The van der Waals surface area contributed by atoms with Crippen LogP contribution in [0.25, 0.3) is 10.9 Å². The molecule has 8 N–H and O–H groups in total. The van der Waals surface area contributed by atoms with Crippen LogP contribution in [0.2, 0.25) is 0 Å². The number of carboxylic acids is 2. The van der Waals surface area contributed by atoms with E-state index in [-0.39, 0.29) is 18.8 Å². The van der Waals surface area contributed by atoms with Crippen molar-refractivity contribution in [3.05, 3.63) is 36.0 Å². The molecule has 3 amide bonds. The van der Waals surface area contributed by atoms with Crippen molar-refractivity contribution in [3.63, 3.8) is 0 Å². The summed E-state index contributed by atoms with van der Waals surface area (Å²) in [7, 11) is 0. The second-order valence-electron chi connectivity index (χ2n) is 10.2. The van der Waals surface area contributed by atoms with E-state index >= 15 is 0 Å². The third-order valence-corrected chi connectivity index (χ3v) is 7.35. The SMILES string of the molecule is CCC(C)C(N)C(=O)NC(CCC(=O)O)C(=O)NC(C(=O)NC(Cc1c[nH]c2ccccc12)C(=O)O)C(C)CC. The first kappa shape index (κ1) is 32.3. The average Bonchev–Trinajstić information content (AvgIpc) is 3.34. The number of aromatic amines is 1. The Hall–Kier alpha value is -3.93. The Morgan fingerprint density at radius 1 is 0.875 bits per heavy atom. The van der Waals surface area contributed by atoms with Crippen molar-refractivity contribution in [1.29, 1.82) is 0 Å². The van der Waals surface area contributed by atoms with Crippen LogP contribution in [0.3, 0.4) is 0 Å². The number of carboxylic acid groups (broad SMARTS) is 2. The molecule has 1 aromatic carbocycles. The molecule has 6 unspecified atom stereocenters. The Bertz CT molecular complexity index is 1200. The Morgan fingerprint density at radius 2 is 1.50 bits per heavy atom. The van der Waals surface area contributed by atoms with Gasteiger partial charge in [-0.2, -0.15) is 0 Å². The minimum Gasteiger partial charge on any atom is -0.481 e. The first-order chi connectivity index (χ1) is 18.9. The van der Waals surface area contributed by atoms with Crippen LogP contribution in [0.5, 0.6) is 0 Å². The summed E-state index contributed by atoms with van der Waals surface area (Å²) in [6.45, 7) is 7.19. The number of fused-ring (bicyclic) bond motifs is 1. The van der Waals surface area contributed by atoms with Crippen molar-refractivity contribution in [2.24, 2.45) is 17.6 Å². The number of H-pyrrole nitrogens is 1. The van der Waals surface area contributed by atoms with Gasteiger partial charge in [0.25, 0.3) is 0 Å². The smallest absolute Gasteiger partial charge is 0.326 e. The van der Waals surface area contributed by atoms with Crippen LogP contribution < -0.4 is 21.7 Å². The molecule has 0 aliphatic heterocycles. The zero-order valence-corrected chi connectivity index (χ0v) is 23.4. The van der Waals surface area contributed by atoms with Gasteiger partial charge < -0.3 is 36.9 Å². The molecule has 0 aliphatic rings. The molecule has 12 nitrogen and oxygen atoms in total. The lowest BCUT2D eigenvalue weighted by Gasteiger charge is -2.28. The maximum absolute atomic E-state index is 13.3. The van der Waals surface area contributed by atoms with Crippen molar-refractivity contribution in [1.82, 2.24) is 20.9 Å². The molecular weight excluding hydrogens is 518 g/mol. The zero-order valence-electron chi connectivity index (χ0n) is 23.4. The standard InChI is InChI=1S/C28H41N5O7/c1-5-15(3)23(29)26(37)31-20(11-12-22(34)35)25(36)33-24(16(4)6-2)27(38)32-21(28(39)40)13-17-14-30-19-10-8-7-9-18(17)19/h7-10,14-16,20-21,23-24,30H,5-6,11-13,29H2,1-4H3,(H,31,37)(H,32,38)(H,33,36)(H,34,35)(H,39,40). The van der Waals surface area contributed by atoms with E-state index in [4.69, 9.17) is 10.8 Å². The largest absolute Gasteiger partial charge is 0.481 e. The van der Waals surface area contributed by atoms with Gasteiger partial charge in [-0.25, -0.2) is 4.79 Å². The minimum atomic E-state index is -1.27. The lowest BCUT2D eigenvalue weighted by Crippen LogP contribution is -2.59. The summed E-state index contributed by atoms with van der Waals surface area (Å²) in [6.07, 6.45) is 2.19. The summed E-state index contributed by atoms with van der Waals surface area (Å²) >= 11 is 0. The Labute approximate surface area is 233 Å². The fourth-order valence-electron chi connectivity index (χ4n) is 4.25. The highest BCUT2D eigenvalue weighted by molar-refractivity contribution is 5.94. The molecule has 12 heteroatoms. The summed E-state index contributed by atoms with van der Waals surface area (Å²) < 4.78 is 0. The third-order valence-electron chi connectivity index (χ3n) is 7.35. The summed E-state index contributed by atoms with van der Waals surface area (Å²) in [4.78, 5) is 65.6. The van der Waals surface area contributed by atoms with Crippen molar-refractivity contribution >= 4 is 40.6 Å². The Morgan fingerprint density at radius 3 is 2.10 bits per heavy atom. The maximum Gasteiger partial charge on any atom is 0.326 e. The van der Waals surface area contributed by atoms with E-state index in [1.807, 2.05) is 38.1 Å². The molecule has 2 rings (SSSR count). The Balaban J connectivity index is 2.22. The van der Waals surface area contributed by atoms with Crippen LogP contribution in [0.15, 0.2) is 30.5 Å². The topological polar surface area (TPSA) is 204 Å². The molecule has 0 aliphatic carbocycles. The lowest BCUT2D eigenvalue weighted by atomic mass is 9.96. The van der Waals surface area contributed by atoms with Crippen molar-refractivity contribution in [2.45, 2.75) is 84.0 Å². The number of nitrogens with one attached hydrogen (secondary N) is 4. The molecule has 6 atom stereocenters. The van der Waals surface area contributed by atoms with E-state index in [1.54, 1.807) is 20.0 Å². The van der Waals surface area contributed by atoms with Crippen LogP contribution in [0, 0.1) is 11.8 Å². The second-order valence-corrected chi connectivity index (χ2v) is 10.2. The van der Waals surface area contributed by atoms with E-state index in [0.29, 0.717) is 18.4 Å². The highest BCUT2D eigenvalue weighted by Crippen LogP contribution is 2.19. The quantitative estimate of drug-likeness (QED) is 0.160. The Kier molecular flexibility index (Phi) is 12.1. The first-order valence-electron chi connectivity index (χ1n) is 13.6. The predicted octanol–water partition coefficient (Wildman–Crippen LogP) is 1.53. The monoisotopic (exact) mass is 559 g/mol. The van der Waals surface area contributed by atoms with Gasteiger partial charge in [-0.1, -0.05) is 58.7 Å². The number of aromatic nitrogens is 1. The van der Waals surface area contributed by atoms with Crippen molar-refractivity contribution in [2.75, 3.05) is 0 Å². The molecule has 1 aromatic heterocycles. The molecule has 0 radical (unpaired) electrons. The molecule has 220 valence electrons. The van der Waals surface area contributed by atoms with Gasteiger partial charge in [-0.3, -0.25) is 19.2 Å². The molecule has 0 fully saturated rings. The van der Waals surface area contributed by atoms with Gasteiger partial charge in [-0.05, 0) is 29.9 Å². The fraction of sp³-hybridized carbons (Fsp3) is 0.536. The number of hydrogen-bond donors (Lipinski definition) is 7. The number of aliphatic carboxylic acids is 2. The molecule has 0 saturated carbocycles. The van der Waals surface area contributed by atoms with Crippen LogP contribution in [0.1, 0.15) is 58.9 Å². The molecule has 40 heavy (non-hydrogen) atoms. The van der Waals surface area contributed by atoms with Crippen LogP contribution in [-0.4, -0.2) is 69.0 Å². The number of hydrogen-bond acceptors (Lipinski definition) is 6. The molecule has 2 aromatic rings. The van der Waals surface area contributed by atoms with Gasteiger partial charge in [-0.15, -0.1) is 0 Å². The summed E-state index contributed by atoms with van der Waals surface area (Å²) in [5.41, 5.74) is 7.53. The van der Waals surface area contributed by atoms with E-state index in [9.17, 15) is 29.1 Å². The van der Waals surface area contributed by atoms with Gasteiger partial charge >= 0.3 is 11.9 Å².